The molecule has 5 atom stereocenters. The Balaban J connectivity index is 1.63. The van der Waals surface area contributed by atoms with Gasteiger partial charge in [-0.3, -0.25) is 4.79 Å². The Morgan fingerprint density at radius 3 is 2.52 bits per heavy atom. The molecule has 1 aliphatic heterocycles. The Hall–Kier alpha value is -1.12. The van der Waals surface area contributed by atoms with Gasteiger partial charge in [0.1, 0.15) is 5.54 Å². The zero-order valence-electron chi connectivity index (χ0n) is 19.3. The Kier molecular flexibility index (Phi) is 3.85. The van der Waals surface area contributed by atoms with E-state index in [4.69, 9.17) is 7.48 Å². The van der Waals surface area contributed by atoms with Crippen LogP contribution in [-0.4, -0.2) is 47.6 Å². The topological polar surface area (TPSA) is 65.4 Å². The number of hydrogen-bond acceptors (Lipinski definition) is 4. The van der Waals surface area contributed by atoms with Crippen molar-refractivity contribution in [3.05, 3.63) is 0 Å². The summed E-state index contributed by atoms with van der Waals surface area (Å²) in [4.78, 5) is 14.7. The minimum atomic E-state index is -2.20. The van der Waals surface area contributed by atoms with E-state index in [1.807, 2.05) is 0 Å². The first-order chi connectivity index (χ1) is 13.5. The minimum absolute atomic E-state index is 0.265. The lowest BCUT2D eigenvalue weighted by Gasteiger charge is -2.69. The first-order valence-corrected chi connectivity index (χ1v) is 10.5. The van der Waals surface area contributed by atoms with Gasteiger partial charge in [0.15, 0.2) is 0 Å². The molecular weight excluding hydrogens is 338 g/mol. The lowest BCUT2D eigenvalue weighted by atomic mass is 9.41. The number of nitrogens with one attached hydrogen (secondary N) is 1. The molecular formula is C22H35N3O2. The van der Waals surface area contributed by atoms with Gasteiger partial charge in [-0.25, -0.2) is 0 Å². The highest BCUT2D eigenvalue weighted by Crippen LogP contribution is 2.65. The molecule has 5 nitrogen and oxygen atoms in total. The summed E-state index contributed by atoms with van der Waals surface area (Å²) < 4.78 is 23.5. The Morgan fingerprint density at radius 2 is 1.96 bits per heavy atom. The first kappa shape index (κ1) is 16.8. The van der Waals surface area contributed by atoms with Crippen molar-refractivity contribution in [2.24, 2.45) is 29.6 Å². The van der Waals surface area contributed by atoms with E-state index in [0.29, 0.717) is 42.6 Å². The highest BCUT2D eigenvalue weighted by Gasteiger charge is 2.67. The van der Waals surface area contributed by atoms with E-state index >= 15 is 0 Å². The fourth-order valence-electron chi connectivity index (χ4n) is 7.32. The van der Waals surface area contributed by atoms with Gasteiger partial charge in [0, 0.05) is 19.2 Å². The summed E-state index contributed by atoms with van der Waals surface area (Å²) in [5, 5.41) is 12.8. The van der Waals surface area contributed by atoms with Crippen LogP contribution in [0.15, 0.2) is 0 Å². The Morgan fingerprint density at radius 1 is 1.33 bits per heavy atom. The fourth-order valence-corrected chi connectivity index (χ4v) is 7.32. The molecule has 5 aliphatic rings. The summed E-state index contributed by atoms with van der Waals surface area (Å²) in [7, 11) is 1.79. The highest BCUT2D eigenvalue weighted by atomic mass is 16.5. The van der Waals surface area contributed by atoms with Crippen molar-refractivity contribution in [2.75, 3.05) is 20.2 Å². The fraction of sp³-hybridized carbons (Fsp3) is 0.909. The van der Waals surface area contributed by atoms with Crippen molar-refractivity contribution in [1.82, 2.24) is 10.2 Å². The average molecular weight is 376 g/mol. The number of rotatable bonds is 4. The highest BCUT2D eigenvalue weighted by molar-refractivity contribution is 5.80. The SMILES string of the molecule is [2H]C([2H])(NC12CC3C(C)C(C1)C(C)C(OC)(C2)C3C)C(=O)N1CCC[C@@]1(C)C#N. The molecule has 0 aromatic rings. The first-order valence-electron chi connectivity index (χ1n) is 11.5. The molecule has 150 valence electrons. The second kappa shape index (κ2) is 6.19. The van der Waals surface area contributed by atoms with Crippen molar-refractivity contribution >= 4 is 5.91 Å². The van der Waals surface area contributed by atoms with E-state index in [1.54, 1.807) is 14.0 Å². The predicted molar refractivity (Wildman–Crippen MR) is 104 cm³/mol. The van der Waals surface area contributed by atoms with Crippen molar-refractivity contribution in [2.45, 2.75) is 76.5 Å². The number of amides is 1. The monoisotopic (exact) mass is 375 g/mol. The number of carbonyl (C=O) groups excluding carboxylic acids is 1. The zero-order valence-corrected chi connectivity index (χ0v) is 17.3. The number of methoxy groups -OCH3 is 1. The summed E-state index contributed by atoms with van der Waals surface area (Å²) >= 11 is 0. The van der Waals surface area contributed by atoms with Crippen LogP contribution in [0.4, 0.5) is 0 Å². The predicted octanol–water partition coefficient (Wildman–Crippen LogP) is 2.96. The van der Waals surface area contributed by atoms with E-state index in [0.717, 1.165) is 25.7 Å². The van der Waals surface area contributed by atoms with Gasteiger partial charge in [0.25, 0.3) is 0 Å². The van der Waals surface area contributed by atoms with Crippen LogP contribution in [0.3, 0.4) is 0 Å². The molecule has 5 fully saturated rings. The largest absolute Gasteiger partial charge is 0.378 e. The van der Waals surface area contributed by atoms with Crippen LogP contribution in [0.1, 0.15) is 62.5 Å². The molecule has 4 aliphatic carbocycles. The smallest absolute Gasteiger partial charge is 0.237 e. The molecule has 1 amide bonds. The average Bonchev–Trinajstić information content (AvgIpc) is 3.06. The number of nitriles is 1. The maximum Gasteiger partial charge on any atom is 0.237 e. The number of likely N-dealkylation sites (tertiary alicyclic amines) is 1. The molecule has 0 radical (unpaired) electrons. The Bertz CT molecular complexity index is 731. The summed E-state index contributed by atoms with van der Waals surface area (Å²) in [5.41, 5.74) is -1.61. The van der Waals surface area contributed by atoms with E-state index in [2.05, 4.69) is 32.2 Å². The molecule has 1 saturated heterocycles. The second-order valence-electron chi connectivity index (χ2n) is 9.98. The van der Waals surface area contributed by atoms with Gasteiger partial charge in [0.2, 0.25) is 5.91 Å². The van der Waals surface area contributed by atoms with Crippen LogP contribution in [0.2, 0.25) is 0 Å². The second-order valence-corrected chi connectivity index (χ2v) is 9.98. The van der Waals surface area contributed by atoms with Crippen molar-refractivity contribution in [1.29, 1.82) is 5.26 Å². The van der Waals surface area contributed by atoms with Gasteiger partial charge in [0.05, 0.1) is 20.9 Å². The molecule has 0 aromatic carbocycles. The van der Waals surface area contributed by atoms with E-state index in [9.17, 15) is 10.1 Å². The zero-order chi connectivity index (χ0) is 21.4. The van der Waals surface area contributed by atoms with Gasteiger partial charge >= 0.3 is 0 Å². The number of ether oxygens (including phenoxy) is 1. The van der Waals surface area contributed by atoms with Gasteiger partial charge in [-0.1, -0.05) is 20.8 Å². The van der Waals surface area contributed by atoms with Crippen LogP contribution < -0.4 is 5.32 Å². The van der Waals surface area contributed by atoms with Gasteiger partial charge < -0.3 is 15.0 Å². The molecule has 1 heterocycles. The van der Waals surface area contributed by atoms with E-state index in [1.165, 1.54) is 4.90 Å². The van der Waals surface area contributed by atoms with E-state index in [-0.39, 0.29) is 5.60 Å². The summed E-state index contributed by atoms with van der Waals surface area (Å²) in [6.45, 7) is 6.89. The molecule has 0 aromatic heterocycles. The van der Waals surface area contributed by atoms with Crippen molar-refractivity contribution in [3.8, 4) is 6.07 Å². The molecule has 27 heavy (non-hydrogen) atoms. The Labute approximate surface area is 166 Å². The van der Waals surface area contributed by atoms with Gasteiger partial charge in [-0.2, -0.15) is 5.26 Å². The third-order valence-electron chi connectivity index (χ3n) is 8.99. The molecule has 4 bridgehead atoms. The summed E-state index contributed by atoms with van der Waals surface area (Å²) in [5.74, 6) is 1.76. The summed E-state index contributed by atoms with van der Waals surface area (Å²) in [6, 6.07) is 2.23. The number of nitrogens with zero attached hydrogens (tertiary/aromatic N) is 2. The van der Waals surface area contributed by atoms with Crippen molar-refractivity contribution in [3.63, 3.8) is 0 Å². The molecule has 5 rings (SSSR count). The molecule has 1 N–H and O–H groups in total. The molecule has 4 saturated carbocycles. The van der Waals surface area contributed by atoms with Crippen LogP contribution in [0, 0.1) is 40.9 Å². The van der Waals surface area contributed by atoms with Crippen molar-refractivity contribution < 1.29 is 12.3 Å². The van der Waals surface area contributed by atoms with E-state index < -0.39 is 23.5 Å². The molecule has 0 spiro atoms. The minimum Gasteiger partial charge on any atom is -0.378 e. The van der Waals surface area contributed by atoms with Crippen LogP contribution in [-0.2, 0) is 9.53 Å². The number of carbonyl (C=O) groups is 1. The summed E-state index contributed by atoms with van der Waals surface area (Å²) in [6.07, 6.45) is 3.83. The lowest BCUT2D eigenvalue weighted by Crippen LogP contribution is -2.74. The third kappa shape index (κ3) is 2.52. The van der Waals surface area contributed by atoms with Crippen LogP contribution >= 0.6 is 0 Å². The number of hydrogen-bond donors (Lipinski definition) is 1. The quantitative estimate of drug-likeness (QED) is 0.820. The van der Waals surface area contributed by atoms with Gasteiger partial charge in [-0.05, 0) is 68.6 Å². The van der Waals surface area contributed by atoms with Crippen LogP contribution in [0.25, 0.3) is 0 Å². The van der Waals surface area contributed by atoms with Gasteiger partial charge in [-0.15, -0.1) is 0 Å². The standard InChI is InChI=1S/C22H35N3O2/c1-14-17-9-21(10-18(14)16(3)22(12-21,27-5)15(17)2)24-11-19(26)25-8-6-7-20(25,4)13-23/h14-18,24H,6-12H2,1-5H3/t14?,15?,16?,17?,18?,20-,21?,22?/m0/s1/i11D2. The van der Waals surface area contributed by atoms with Crippen LogP contribution in [0.5, 0.6) is 0 Å². The normalized spacial score (nSPS) is 52.4. The third-order valence-corrected chi connectivity index (χ3v) is 8.99. The molecule has 5 heteroatoms. The maximum atomic E-state index is 13.2. The maximum absolute atomic E-state index is 13.2. The molecule has 4 unspecified atom stereocenters. The lowest BCUT2D eigenvalue weighted by molar-refractivity contribution is -0.248.